The monoisotopic (exact) mass is 268 g/mol. The van der Waals surface area contributed by atoms with Gasteiger partial charge in [0.25, 0.3) is 0 Å². The zero-order valence-electron chi connectivity index (χ0n) is 11.6. The van der Waals surface area contributed by atoms with Gasteiger partial charge in [-0.05, 0) is 31.5 Å². The Morgan fingerprint density at radius 1 is 1.35 bits per heavy atom. The first-order valence-corrected chi connectivity index (χ1v) is 7.26. The van der Waals surface area contributed by atoms with E-state index in [1.165, 1.54) is 19.3 Å². The molecule has 2 N–H and O–H groups in total. The van der Waals surface area contributed by atoms with Crippen molar-refractivity contribution in [3.8, 4) is 6.07 Å². The zero-order chi connectivity index (χ0) is 13.9. The van der Waals surface area contributed by atoms with Crippen LogP contribution in [0.25, 0.3) is 5.52 Å². The smallest absolute Gasteiger partial charge is 0.102 e. The number of hydrogen-bond donors (Lipinski definition) is 1. The lowest BCUT2D eigenvalue weighted by molar-refractivity contribution is 0.145. The van der Waals surface area contributed by atoms with Crippen LogP contribution in [0.4, 0.5) is 0 Å². The Morgan fingerprint density at radius 3 is 3.05 bits per heavy atom. The Morgan fingerprint density at radius 2 is 2.25 bits per heavy atom. The normalized spacial score (nSPS) is 20.1. The predicted molar refractivity (Wildman–Crippen MR) is 79.2 cm³/mol. The number of likely N-dealkylation sites (tertiary alicyclic amines) is 1. The molecular weight excluding hydrogens is 248 g/mol. The lowest BCUT2D eigenvalue weighted by Crippen LogP contribution is -2.43. The fraction of sp³-hybridized carbons (Fsp3) is 0.438. The molecule has 0 saturated carbocycles. The molecule has 2 aromatic heterocycles. The fourth-order valence-electron chi connectivity index (χ4n) is 3.18. The number of hydrogen-bond acceptors (Lipinski definition) is 3. The highest BCUT2D eigenvalue weighted by Gasteiger charge is 2.22. The summed E-state index contributed by atoms with van der Waals surface area (Å²) in [5.41, 5.74) is 8.78. The van der Waals surface area contributed by atoms with Gasteiger partial charge in [-0.3, -0.25) is 4.90 Å². The van der Waals surface area contributed by atoms with Crippen molar-refractivity contribution in [2.45, 2.75) is 31.8 Å². The Hall–Kier alpha value is -1.83. The van der Waals surface area contributed by atoms with E-state index in [-0.39, 0.29) is 0 Å². The molecule has 4 heteroatoms. The summed E-state index contributed by atoms with van der Waals surface area (Å²) >= 11 is 0. The molecule has 1 aliphatic rings. The second kappa shape index (κ2) is 5.66. The van der Waals surface area contributed by atoms with Gasteiger partial charge in [0.15, 0.2) is 0 Å². The van der Waals surface area contributed by atoms with Gasteiger partial charge in [-0.25, -0.2) is 0 Å². The van der Waals surface area contributed by atoms with Crippen LogP contribution in [0.1, 0.15) is 30.4 Å². The number of nitrogens with two attached hydrogens (primary N) is 1. The highest BCUT2D eigenvalue weighted by atomic mass is 15.2. The molecule has 0 bridgehead atoms. The van der Waals surface area contributed by atoms with Gasteiger partial charge in [-0.2, -0.15) is 5.26 Å². The largest absolute Gasteiger partial charge is 0.329 e. The Balaban J connectivity index is 1.92. The van der Waals surface area contributed by atoms with E-state index in [2.05, 4.69) is 17.2 Å². The first-order chi connectivity index (χ1) is 9.83. The van der Waals surface area contributed by atoms with Crippen molar-refractivity contribution >= 4 is 5.52 Å². The van der Waals surface area contributed by atoms with Gasteiger partial charge in [0, 0.05) is 37.1 Å². The van der Waals surface area contributed by atoms with Crippen molar-refractivity contribution in [1.82, 2.24) is 9.30 Å². The summed E-state index contributed by atoms with van der Waals surface area (Å²) in [5.74, 6) is 0. The molecule has 0 radical (unpaired) electrons. The van der Waals surface area contributed by atoms with Gasteiger partial charge in [-0.15, -0.1) is 0 Å². The minimum atomic E-state index is 0.457. The topological polar surface area (TPSA) is 57.5 Å². The van der Waals surface area contributed by atoms with Crippen molar-refractivity contribution < 1.29 is 0 Å². The third kappa shape index (κ3) is 2.31. The fourth-order valence-corrected chi connectivity index (χ4v) is 3.18. The van der Waals surface area contributed by atoms with E-state index in [0.717, 1.165) is 29.7 Å². The number of fused-ring (bicyclic) bond motifs is 1. The number of aromatic nitrogens is 1. The summed E-state index contributed by atoms with van der Waals surface area (Å²) in [6.07, 6.45) is 7.74. The van der Waals surface area contributed by atoms with Crippen molar-refractivity contribution in [1.29, 1.82) is 5.26 Å². The van der Waals surface area contributed by atoms with Gasteiger partial charge >= 0.3 is 0 Å². The number of rotatable bonds is 3. The molecule has 1 fully saturated rings. The molecule has 2 aromatic rings. The maximum Gasteiger partial charge on any atom is 0.102 e. The molecule has 0 spiro atoms. The third-order valence-corrected chi connectivity index (χ3v) is 4.27. The van der Waals surface area contributed by atoms with Crippen LogP contribution in [-0.4, -0.2) is 28.4 Å². The zero-order valence-corrected chi connectivity index (χ0v) is 11.6. The van der Waals surface area contributed by atoms with E-state index < -0.39 is 0 Å². The van der Waals surface area contributed by atoms with E-state index in [9.17, 15) is 5.26 Å². The third-order valence-electron chi connectivity index (χ3n) is 4.27. The molecule has 0 amide bonds. The highest BCUT2D eigenvalue weighted by Crippen LogP contribution is 2.23. The lowest BCUT2D eigenvalue weighted by atomic mass is 10.0. The average molecular weight is 268 g/mol. The van der Waals surface area contributed by atoms with Crippen LogP contribution in [0.5, 0.6) is 0 Å². The quantitative estimate of drug-likeness (QED) is 0.927. The van der Waals surface area contributed by atoms with Crippen LogP contribution >= 0.6 is 0 Å². The van der Waals surface area contributed by atoms with Crippen LogP contribution < -0.4 is 5.73 Å². The van der Waals surface area contributed by atoms with Crippen LogP contribution in [-0.2, 0) is 6.54 Å². The van der Waals surface area contributed by atoms with E-state index in [1.54, 1.807) is 0 Å². The van der Waals surface area contributed by atoms with Crippen LogP contribution in [0.3, 0.4) is 0 Å². The number of pyridine rings is 1. The minimum absolute atomic E-state index is 0.457. The Kier molecular flexibility index (Phi) is 3.72. The molecule has 1 atom stereocenters. The van der Waals surface area contributed by atoms with Crippen molar-refractivity contribution in [3.05, 3.63) is 41.7 Å². The second-order valence-electron chi connectivity index (χ2n) is 5.49. The van der Waals surface area contributed by atoms with Gasteiger partial charge in [0.2, 0.25) is 0 Å². The van der Waals surface area contributed by atoms with Crippen molar-refractivity contribution in [2.24, 2.45) is 5.73 Å². The van der Waals surface area contributed by atoms with Crippen molar-refractivity contribution in [3.63, 3.8) is 0 Å². The van der Waals surface area contributed by atoms with Gasteiger partial charge in [0.05, 0.1) is 11.1 Å². The SMILES string of the molecule is N#Cc1c(CN2CCCCC2CN)cn2ccccc12. The Labute approximate surface area is 119 Å². The van der Waals surface area contributed by atoms with E-state index in [4.69, 9.17) is 5.73 Å². The molecular formula is C16H20N4. The summed E-state index contributed by atoms with van der Waals surface area (Å²) in [6, 6.07) is 8.78. The molecule has 1 saturated heterocycles. The molecule has 0 aromatic carbocycles. The molecule has 1 aliphatic heterocycles. The maximum absolute atomic E-state index is 9.45. The molecule has 3 heterocycles. The molecule has 1 unspecified atom stereocenters. The standard InChI is InChI=1S/C16H20N4/c17-9-14-5-1-3-7-19(14)11-13-12-20-8-4-2-6-16(20)15(13)10-18/h2,4,6,8,12,14H,1,3,5,7,9,11,17H2. The predicted octanol–water partition coefficient (Wildman–Crippen LogP) is 2.12. The second-order valence-corrected chi connectivity index (χ2v) is 5.49. The number of nitrogens with zero attached hydrogens (tertiary/aromatic N) is 3. The van der Waals surface area contributed by atoms with Crippen LogP contribution in [0, 0.1) is 11.3 Å². The number of piperidine rings is 1. The number of nitriles is 1. The average Bonchev–Trinajstić information content (AvgIpc) is 2.85. The first-order valence-electron chi connectivity index (χ1n) is 7.26. The van der Waals surface area contributed by atoms with E-state index in [1.807, 2.05) is 28.8 Å². The lowest BCUT2D eigenvalue weighted by Gasteiger charge is -2.34. The minimum Gasteiger partial charge on any atom is -0.329 e. The summed E-state index contributed by atoms with van der Waals surface area (Å²) < 4.78 is 2.04. The van der Waals surface area contributed by atoms with Crippen molar-refractivity contribution in [2.75, 3.05) is 13.1 Å². The van der Waals surface area contributed by atoms with E-state index in [0.29, 0.717) is 12.6 Å². The summed E-state index contributed by atoms with van der Waals surface area (Å²) in [5, 5.41) is 9.45. The summed E-state index contributed by atoms with van der Waals surface area (Å²) in [4.78, 5) is 2.43. The van der Waals surface area contributed by atoms with Gasteiger partial charge < -0.3 is 10.1 Å². The summed E-state index contributed by atoms with van der Waals surface area (Å²) in [6.45, 7) is 2.61. The van der Waals surface area contributed by atoms with Crippen LogP contribution in [0.2, 0.25) is 0 Å². The first kappa shape index (κ1) is 13.2. The highest BCUT2D eigenvalue weighted by molar-refractivity contribution is 5.65. The van der Waals surface area contributed by atoms with Gasteiger partial charge in [0.1, 0.15) is 6.07 Å². The molecule has 4 nitrogen and oxygen atoms in total. The molecule has 104 valence electrons. The Bertz CT molecular complexity index is 637. The van der Waals surface area contributed by atoms with Gasteiger partial charge in [-0.1, -0.05) is 12.5 Å². The molecule has 3 rings (SSSR count). The maximum atomic E-state index is 9.45. The summed E-state index contributed by atoms with van der Waals surface area (Å²) in [7, 11) is 0. The van der Waals surface area contributed by atoms with E-state index >= 15 is 0 Å². The molecule has 20 heavy (non-hydrogen) atoms. The van der Waals surface area contributed by atoms with Crippen LogP contribution in [0.15, 0.2) is 30.6 Å². The molecule has 0 aliphatic carbocycles.